The molecule has 0 radical (unpaired) electrons. The van der Waals surface area contributed by atoms with Crippen molar-refractivity contribution in [1.29, 1.82) is 0 Å². The van der Waals surface area contributed by atoms with Gasteiger partial charge in [-0.15, -0.1) is 0 Å². The first kappa shape index (κ1) is 16.3. The summed E-state index contributed by atoms with van der Waals surface area (Å²) < 4.78 is 18.8. The molecule has 1 aromatic carbocycles. The number of halogens is 1. The molecule has 2 heterocycles. The lowest BCUT2D eigenvalue weighted by Crippen LogP contribution is -3.09. The fraction of sp³-hybridized carbons (Fsp3) is 0.533. The number of aromatic carboxylic acids is 1. The molecule has 0 aliphatic carbocycles. The predicted molar refractivity (Wildman–Crippen MR) is 80.4 cm³/mol. The fourth-order valence-electron chi connectivity index (χ4n) is 3.51. The van der Waals surface area contributed by atoms with Crippen molar-refractivity contribution < 1.29 is 24.1 Å². The Balaban J connectivity index is 2.16. The summed E-state index contributed by atoms with van der Waals surface area (Å²) in [5, 5.41) is 34.8. The molecule has 3 rings (SSSR count). The Bertz CT molecular complexity index is 649. The molecule has 3 unspecified atom stereocenters. The van der Waals surface area contributed by atoms with E-state index in [1.54, 1.807) is 13.8 Å². The van der Waals surface area contributed by atoms with Crippen molar-refractivity contribution in [2.24, 2.45) is 5.92 Å². The summed E-state index contributed by atoms with van der Waals surface area (Å²) in [6, 6.07) is 2.29. The zero-order chi connectivity index (χ0) is 16.9. The van der Waals surface area contributed by atoms with Crippen molar-refractivity contribution in [2.75, 3.05) is 13.2 Å². The Kier molecular flexibility index (Phi) is 3.89. The van der Waals surface area contributed by atoms with Crippen molar-refractivity contribution in [3.05, 3.63) is 33.9 Å². The molecule has 2 aliphatic heterocycles. The van der Waals surface area contributed by atoms with Gasteiger partial charge in [0.05, 0.1) is 5.92 Å². The highest BCUT2D eigenvalue weighted by molar-refractivity contribution is 5.90. The number of hydrogen-bond donors (Lipinski definition) is 2. The number of fused-ring (bicyclic) bond motifs is 1. The van der Waals surface area contributed by atoms with E-state index in [1.807, 2.05) is 0 Å². The number of carbonyl (C=O) groups is 1. The summed E-state index contributed by atoms with van der Waals surface area (Å²) in [6.07, 6.45) is -0.635. The van der Waals surface area contributed by atoms with E-state index in [4.69, 9.17) is 9.84 Å². The van der Waals surface area contributed by atoms with Crippen LogP contribution in [0.2, 0.25) is 0 Å². The first-order valence-corrected chi connectivity index (χ1v) is 7.58. The second kappa shape index (κ2) is 5.50. The Hall–Kier alpha value is -1.58. The summed E-state index contributed by atoms with van der Waals surface area (Å²) in [4.78, 5) is 11.2. The zero-order valence-corrected chi connectivity index (χ0v) is 12.9. The monoisotopic (exact) mass is 326 g/mol. The van der Waals surface area contributed by atoms with Crippen LogP contribution >= 0.6 is 0 Å². The Labute approximate surface area is 132 Å². The highest BCUT2D eigenvalue weighted by Crippen LogP contribution is 2.42. The second-order valence-corrected chi connectivity index (χ2v) is 6.44. The maximum absolute atomic E-state index is 14.7. The molecule has 0 spiro atoms. The molecule has 1 saturated heterocycles. The van der Waals surface area contributed by atoms with Crippen molar-refractivity contribution >= 4 is 17.3 Å². The average molecular weight is 326 g/mol. The molecular weight excluding hydrogens is 307 g/mol. The lowest BCUT2D eigenvalue weighted by molar-refractivity contribution is -0.814. The minimum absolute atomic E-state index is 0.0134. The number of hydrogen-bond acceptors (Lipinski definition) is 4. The molecular formula is C15H19FN2O5. The number of quaternary nitrogens is 2. The lowest BCUT2D eigenvalue weighted by Gasteiger charge is -2.47. The second-order valence-electron chi connectivity index (χ2n) is 6.44. The van der Waals surface area contributed by atoms with Gasteiger partial charge in [0.2, 0.25) is 23.4 Å². The number of benzene rings is 1. The Morgan fingerprint density at radius 3 is 2.70 bits per heavy atom. The predicted octanol–water partition coefficient (Wildman–Crippen LogP) is 1.13. The first-order valence-electron chi connectivity index (χ1n) is 7.58. The summed E-state index contributed by atoms with van der Waals surface area (Å²) >= 11 is 0. The molecule has 0 saturated carbocycles. The molecule has 7 nitrogen and oxygen atoms in total. The van der Waals surface area contributed by atoms with Gasteiger partial charge < -0.3 is 20.3 Å². The molecule has 0 bridgehead atoms. The number of nitrogens with one attached hydrogen (secondary N) is 1. The molecule has 2 aliphatic rings. The van der Waals surface area contributed by atoms with Gasteiger partial charge in [-0.3, -0.25) is 9.71 Å². The van der Waals surface area contributed by atoms with E-state index >= 15 is 0 Å². The van der Waals surface area contributed by atoms with Crippen molar-refractivity contribution in [2.45, 2.75) is 32.5 Å². The van der Waals surface area contributed by atoms with Gasteiger partial charge >= 0.3 is 5.97 Å². The summed E-state index contributed by atoms with van der Waals surface area (Å²) in [5.74, 6) is -2.88. The van der Waals surface area contributed by atoms with Crippen LogP contribution in [0.1, 0.15) is 30.6 Å². The number of hydroxylamine groups is 3. The average Bonchev–Trinajstić information content (AvgIpc) is 2.63. The molecule has 0 aromatic heterocycles. The standard InChI is InChI=1S/C15H19FN2O5/c1-8(2)14-17(21)11-4-3-10(15(19)20)12(16)13(11)18(14,22)7-9-5-6-23-9/h3-4,8-9,14,17H,5-7H2,1-2H3,(H,19,20)/t9-,14?,18?/m0/s1. The number of carboxylic acids is 1. The first-order chi connectivity index (χ1) is 10.8. The Morgan fingerprint density at radius 2 is 2.22 bits per heavy atom. The van der Waals surface area contributed by atoms with Gasteiger partial charge in [-0.05, 0) is 6.07 Å². The molecule has 1 fully saturated rings. The van der Waals surface area contributed by atoms with E-state index in [2.05, 4.69) is 0 Å². The SMILES string of the molecule is CC(C)C1[NH+]([O-])c2ccc(C(=O)O)c(F)c2[N+]1([O-])C[C@@H]1CCO1. The van der Waals surface area contributed by atoms with Gasteiger partial charge in [0.1, 0.15) is 18.2 Å². The van der Waals surface area contributed by atoms with Crippen LogP contribution < -0.4 is 9.71 Å². The van der Waals surface area contributed by atoms with Crippen LogP contribution in [0.25, 0.3) is 0 Å². The van der Waals surface area contributed by atoms with Gasteiger partial charge in [-0.2, -0.15) is 4.39 Å². The van der Waals surface area contributed by atoms with Gasteiger partial charge in [-0.1, -0.05) is 13.8 Å². The van der Waals surface area contributed by atoms with Gasteiger partial charge in [0.25, 0.3) is 0 Å². The highest BCUT2D eigenvalue weighted by atomic mass is 19.1. The topological polar surface area (TPSA) is 97.1 Å². The van der Waals surface area contributed by atoms with E-state index in [-0.39, 0.29) is 29.9 Å². The summed E-state index contributed by atoms with van der Waals surface area (Å²) in [7, 11) is 0. The summed E-state index contributed by atoms with van der Waals surface area (Å²) in [6.45, 7) is 3.92. The normalized spacial score (nSPS) is 32.7. The van der Waals surface area contributed by atoms with E-state index in [0.29, 0.717) is 13.0 Å². The Morgan fingerprint density at radius 1 is 1.57 bits per heavy atom. The van der Waals surface area contributed by atoms with Crippen LogP contribution in [0.5, 0.6) is 0 Å². The van der Waals surface area contributed by atoms with Crippen LogP contribution in [0, 0.1) is 22.1 Å². The van der Waals surface area contributed by atoms with Crippen LogP contribution in [-0.4, -0.2) is 36.5 Å². The van der Waals surface area contributed by atoms with Crippen molar-refractivity contribution in [3.63, 3.8) is 0 Å². The van der Waals surface area contributed by atoms with Gasteiger partial charge in [0, 0.05) is 19.1 Å². The third-order valence-corrected chi connectivity index (χ3v) is 4.61. The quantitative estimate of drug-likeness (QED) is 0.638. The van der Waals surface area contributed by atoms with Crippen LogP contribution in [0.4, 0.5) is 15.8 Å². The minimum Gasteiger partial charge on any atom is -0.624 e. The van der Waals surface area contributed by atoms with Crippen LogP contribution in [-0.2, 0) is 4.74 Å². The maximum Gasteiger partial charge on any atom is 0.338 e. The zero-order valence-electron chi connectivity index (χ0n) is 12.9. The highest BCUT2D eigenvalue weighted by Gasteiger charge is 2.53. The van der Waals surface area contributed by atoms with Crippen molar-refractivity contribution in [1.82, 2.24) is 4.65 Å². The molecule has 23 heavy (non-hydrogen) atoms. The number of rotatable bonds is 4. The lowest BCUT2D eigenvalue weighted by atomic mass is 10.1. The minimum atomic E-state index is -1.46. The molecule has 4 atom stereocenters. The molecule has 8 heteroatoms. The largest absolute Gasteiger partial charge is 0.624 e. The van der Waals surface area contributed by atoms with E-state index < -0.39 is 33.2 Å². The van der Waals surface area contributed by atoms with E-state index in [1.165, 1.54) is 6.07 Å². The van der Waals surface area contributed by atoms with Crippen LogP contribution in [0.3, 0.4) is 0 Å². The molecule has 126 valence electrons. The van der Waals surface area contributed by atoms with E-state index in [0.717, 1.165) is 6.07 Å². The molecule has 1 aromatic rings. The smallest absolute Gasteiger partial charge is 0.338 e. The van der Waals surface area contributed by atoms with E-state index in [9.17, 15) is 19.6 Å². The third kappa shape index (κ3) is 2.34. The number of carboxylic acid groups (broad SMARTS) is 1. The van der Waals surface area contributed by atoms with Gasteiger partial charge in [0.15, 0.2) is 0 Å². The van der Waals surface area contributed by atoms with Crippen molar-refractivity contribution in [3.8, 4) is 0 Å². The van der Waals surface area contributed by atoms with Gasteiger partial charge in [-0.25, -0.2) is 4.79 Å². The molecule has 2 N–H and O–H groups in total. The van der Waals surface area contributed by atoms with Crippen LogP contribution in [0.15, 0.2) is 12.1 Å². The third-order valence-electron chi connectivity index (χ3n) is 4.61. The fourth-order valence-corrected chi connectivity index (χ4v) is 3.51. The summed E-state index contributed by atoms with van der Waals surface area (Å²) in [5.41, 5.74) is -0.960. The maximum atomic E-state index is 14.7. The molecule has 0 amide bonds. The number of nitrogens with zero attached hydrogens (tertiary/aromatic N) is 1. The number of ether oxygens (including phenoxy) is 1.